The third kappa shape index (κ3) is 8.38. The number of aliphatic hydroxyl groups is 1. The van der Waals surface area contributed by atoms with Gasteiger partial charge in [0.15, 0.2) is 0 Å². The van der Waals surface area contributed by atoms with E-state index in [1.807, 2.05) is 6.92 Å². The summed E-state index contributed by atoms with van der Waals surface area (Å²) >= 11 is 0. The Balaban J connectivity index is 1.51. The summed E-state index contributed by atoms with van der Waals surface area (Å²) in [5.41, 5.74) is 0.344. The molecule has 0 fully saturated rings. The van der Waals surface area contributed by atoms with E-state index in [2.05, 4.69) is 16.0 Å². The van der Waals surface area contributed by atoms with Crippen molar-refractivity contribution < 1.29 is 42.1 Å². The number of benzene rings is 3. The Morgan fingerprint density at radius 2 is 1.61 bits per heavy atom. The SMILES string of the molecule is COc1ccc(NC(=O)Nc2ccc3c(c2)C(=O)N([C@H](C)CO)C[C@@H](C)[C@@H](CN(C)C(=O)Nc2ccc(C(F)(F)F)cc2)O3)cc1. The van der Waals surface area contributed by atoms with Gasteiger partial charge in [-0.1, -0.05) is 6.92 Å². The topological polar surface area (TPSA) is 132 Å². The molecule has 4 rings (SSSR count). The standard InChI is InChI=1S/C32H36F3N5O6/c1-19-16-40(20(2)18-41)29(42)26-15-24(37-30(43)36-22-9-12-25(45-4)13-10-22)11-14-27(26)46-28(19)17-39(3)31(44)38-23-7-5-21(6-8-23)32(33,34)35/h5-15,19-20,28,41H,16-18H2,1-4H3,(H,38,44)(H2,36,37,43)/t19-,20-,28-/m1/s1. The first kappa shape index (κ1) is 33.9. The predicted molar refractivity (Wildman–Crippen MR) is 166 cm³/mol. The highest BCUT2D eigenvalue weighted by molar-refractivity contribution is 6.02. The summed E-state index contributed by atoms with van der Waals surface area (Å²) in [6.45, 7) is 3.51. The minimum atomic E-state index is -4.50. The summed E-state index contributed by atoms with van der Waals surface area (Å²) in [6, 6.07) is 13.8. The summed E-state index contributed by atoms with van der Waals surface area (Å²) < 4.78 is 50.1. The Bertz CT molecular complexity index is 1530. The van der Waals surface area contributed by atoms with Crippen LogP contribution in [0.15, 0.2) is 66.7 Å². The summed E-state index contributed by atoms with van der Waals surface area (Å²) in [4.78, 5) is 42.2. The zero-order chi connectivity index (χ0) is 33.6. The molecule has 0 bridgehead atoms. The Kier molecular flexibility index (Phi) is 10.6. The van der Waals surface area contributed by atoms with Gasteiger partial charge < -0.3 is 40.3 Å². The zero-order valence-corrected chi connectivity index (χ0v) is 25.7. The predicted octanol–water partition coefficient (Wildman–Crippen LogP) is 5.74. The average Bonchev–Trinajstić information content (AvgIpc) is 3.02. The van der Waals surface area contributed by atoms with Crippen molar-refractivity contribution in [3.05, 3.63) is 77.9 Å². The molecule has 1 heterocycles. The van der Waals surface area contributed by atoms with Crippen molar-refractivity contribution in [3.63, 3.8) is 0 Å². The molecule has 14 heteroatoms. The van der Waals surface area contributed by atoms with Crippen molar-refractivity contribution in [1.29, 1.82) is 0 Å². The zero-order valence-electron chi connectivity index (χ0n) is 25.7. The number of hydrogen-bond acceptors (Lipinski definition) is 6. The molecule has 1 aliphatic heterocycles. The summed E-state index contributed by atoms with van der Waals surface area (Å²) in [5, 5.41) is 17.9. The number of anilines is 3. The maximum absolute atomic E-state index is 13.7. The number of methoxy groups -OCH3 is 1. The number of halogens is 3. The molecule has 11 nitrogen and oxygen atoms in total. The molecule has 0 spiro atoms. The van der Waals surface area contributed by atoms with E-state index in [1.165, 1.54) is 42.2 Å². The van der Waals surface area contributed by atoms with Crippen LogP contribution in [0.2, 0.25) is 0 Å². The van der Waals surface area contributed by atoms with Crippen LogP contribution in [0, 0.1) is 5.92 Å². The first-order chi connectivity index (χ1) is 21.8. The van der Waals surface area contributed by atoms with Crippen LogP contribution in [0.5, 0.6) is 11.5 Å². The van der Waals surface area contributed by atoms with E-state index in [9.17, 15) is 32.7 Å². The molecule has 0 saturated carbocycles. The fourth-order valence-electron chi connectivity index (χ4n) is 4.80. The van der Waals surface area contributed by atoms with E-state index in [4.69, 9.17) is 9.47 Å². The number of carbonyl (C=O) groups excluding carboxylic acids is 3. The number of carbonyl (C=O) groups is 3. The average molecular weight is 644 g/mol. The summed E-state index contributed by atoms with van der Waals surface area (Å²) in [5.74, 6) is 0.135. The normalized spacial score (nSPS) is 17.0. The van der Waals surface area contributed by atoms with Crippen LogP contribution in [-0.4, -0.2) is 78.9 Å². The molecule has 0 aliphatic carbocycles. The largest absolute Gasteiger partial charge is 0.497 e. The van der Waals surface area contributed by atoms with Crippen LogP contribution in [-0.2, 0) is 6.18 Å². The number of urea groups is 2. The smallest absolute Gasteiger partial charge is 0.416 e. The van der Waals surface area contributed by atoms with Crippen molar-refractivity contribution >= 4 is 35.0 Å². The third-order valence-corrected chi connectivity index (χ3v) is 7.53. The van der Waals surface area contributed by atoms with Crippen molar-refractivity contribution in [3.8, 4) is 11.5 Å². The molecule has 3 atom stereocenters. The molecule has 3 aromatic carbocycles. The molecule has 0 saturated heterocycles. The molecule has 5 amide bonds. The van der Waals surface area contributed by atoms with Gasteiger partial charge in [0.2, 0.25) is 0 Å². The number of likely N-dealkylation sites (N-methyl/N-ethyl adjacent to an activating group) is 1. The lowest BCUT2D eigenvalue weighted by Crippen LogP contribution is -2.50. The maximum Gasteiger partial charge on any atom is 0.416 e. The first-order valence-corrected chi connectivity index (χ1v) is 14.4. The molecule has 0 aromatic heterocycles. The highest BCUT2D eigenvalue weighted by Crippen LogP contribution is 2.32. The molecule has 0 radical (unpaired) electrons. The minimum Gasteiger partial charge on any atom is -0.497 e. The van der Waals surface area contributed by atoms with Crippen LogP contribution in [0.1, 0.15) is 29.8 Å². The Hall–Kier alpha value is -4.98. The maximum atomic E-state index is 13.7. The number of aliphatic hydroxyl groups excluding tert-OH is 1. The van der Waals surface area contributed by atoms with E-state index >= 15 is 0 Å². The number of fused-ring (bicyclic) bond motifs is 1. The van der Waals surface area contributed by atoms with Gasteiger partial charge in [0, 0.05) is 36.6 Å². The van der Waals surface area contributed by atoms with Gasteiger partial charge >= 0.3 is 18.2 Å². The van der Waals surface area contributed by atoms with Crippen LogP contribution < -0.4 is 25.4 Å². The van der Waals surface area contributed by atoms with Crippen LogP contribution in [0.3, 0.4) is 0 Å². The molecule has 46 heavy (non-hydrogen) atoms. The number of hydrogen-bond donors (Lipinski definition) is 4. The quantitative estimate of drug-likeness (QED) is 0.248. The van der Waals surface area contributed by atoms with Crippen LogP contribution in [0.4, 0.5) is 39.8 Å². The molecular formula is C32H36F3N5O6. The van der Waals surface area contributed by atoms with Crippen molar-refractivity contribution in [2.75, 3.05) is 49.8 Å². The monoisotopic (exact) mass is 643 g/mol. The lowest BCUT2D eigenvalue weighted by atomic mass is 9.99. The third-order valence-electron chi connectivity index (χ3n) is 7.53. The second-order valence-electron chi connectivity index (χ2n) is 11.0. The fourth-order valence-corrected chi connectivity index (χ4v) is 4.80. The fraction of sp³-hybridized carbons (Fsp3) is 0.344. The number of nitrogens with one attached hydrogen (secondary N) is 3. The highest BCUT2D eigenvalue weighted by Gasteiger charge is 2.34. The van der Waals surface area contributed by atoms with Gasteiger partial charge in [0.05, 0.1) is 37.4 Å². The second kappa shape index (κ2) is 14.4. The number of nitrogens with zero attached hydrogens (tertiary/aromatic N) is 2. The number of amides is 5. The first-order valence-electron chi connectivity index (χ1n) is 14.4. The van der Waals surface area contributed by atoms with Crippen LogP contribution >= 0.6 is 0 Å². The number of ether oxygens (including phenoxy) is 2. The van der Waals surface area contributed by atoms with Gasteiger partial charge in [-0.3, -0.25) is 4.79 Å². The number of rotatable bonds is 8. The summed E-state index contributed by atoms with van der Waals surface area (Å²) in [6.07, 6.45) is -5.12. The lowest BCUT2D eigenvalue weighted by molar-refractivity contribution is -0.137. The molecule has 1 aliphatic rings. The van der Waals surface area contributed by atoms with Gasteiger partial charge in [-0.25, -0.2) is 9.59 Å². The van der Waals surface area contributed by atoms with E-state index in [0.29, 0.717) is 17.1 Å². The van der Waals surface area contributed by atoms with Gasteiger partial charge in [0.25, 0.3) is 5.91 Å². The minimum absolute atomic E-state index is 0.0624. The molecular weight excluding hydrogens is 607 g/mol. The molecule has 0 unspecified atom stereocenters. The Morgan fingerprint density at radius 3 is 2.22 bits per heavy atom. The highest BCUT2D eigenvalue weighted by atomic mass is 19.4. The second-order valence-corrected chi connectivity index (χ2v) is 11.0. The molecule has 4 N–H and O–H groups in total. The van der Waals surface area contributed by atoms with E-state index in [-0.39, 0.29) is 42.6 Å². The molecule has 3 aromatic rings. The number of alkyl halides is 3. The van der Waals surface area contributed by atoms with Gasteiger partial charge in [-0.2, -0.15) is 13.2 Å². The molecule has 246 valence electrons. The van der Waals surface area contributed by atoms with Crippen molar-refractivity contribution in [2.24, 2.45) is 5.92 Å². The van der Waals surface area contributed by atoms with Gasteiger partial charge in [0.1, 0.15) is 17.6 Å². The van der Waals surface area contributed by atoms with E-state index < -0.39 is 41.9 Å². The summed E-state index contributed by atoms with van der Waals surface area (Å²) in [7, 11) is 3.05. The van der Waals surface area contributed by atoms with Gasteiger partial charge in [-0.05, 0) is 73.7 Å². The van der Waals surface area contributed by atoms with Crippen LogP contribution in [0.25, 0.3) is 0 Å². The van der Waals surface area contributed by atoms with E-state index in [1.54, 1.807) is 43.3 Å². The van der Waals surface area contributed by atoms with E-state index in [0.717, 1.165) is 12.1 Å². The Morgan fingerprint density at radius 1 is 1.02 bits per heavy atom. The van der Waals surface area contributed by atoms with Crippen molar-refractivity contribution in [2.45, 2.75) is 32.2 Å². The van der Waals surface area contributed by atoms with Gasteiger partial charge in [-0.15, -0.1) is 0 Å². The van der Waals surface area contributed by atoms with Crippen molar-refractivity contribution in [1.82, 2.24) is 9.80 Å². The Labute approximate surface area is 264 Å². The lowest BCUT2D eigenvalue weighted by Gasteiger charge is -2.38.